The summed E-state index contributed by atoms with van der Waals surface area (Å²) >= 11 is 0. The van der Waals surface area contributed by atoms with Gasteiger partial charge in [-0.25, -0.2) is 0 Å². The van der Waals surface area contributed by atoms with Crippen molar-refractivity contribution in [2.45, 2.75) is 52.2 Å². The van der Waals surface area contributed by atoms with Crippen molar-refractivity contribution >= 4 is 17.9 Å². The van der Waals surface area contributed by atoms with Crippen molar-refractivity contribution in [3.63, 3.8) is 0 Å². The number of hydrogen-bond donors (Lipinski definition) is 1. The maximum absolute atomic E-state index is 11.1. The molecule has 1 saturated carbocycles. The summed E-state index contributed by atoms with van der Waals surface area (Å²) < 4.78 is 10.4. The van der Waals surface area contributed by atoms with Gasteiger partial charge in [-0.15, -0.1) is 0 Å². The Morgan fingerprint density at radius 3 is 1.74 bits per heavy atom. The Bertz CT molecular complexity index is 338. The Morgan fingerprint density at radius 1 is 1.05 bits per heavy atom. The fraction of sp³-hybridized carbons (Fsp3) is 0.769. The Kier molecular flexibility index (Phi) is 5.32. The summed E-state index contributed by atoms with van der Waals surface area (Å²) in [5.74, 6) is -2.66. The van der Waals surface area contributed by atoms with E-state index in [2.05, 4.69) is 0 Å². The normalized spacial score (nSPS) is 30.5. The molecule has 0 saturated heterocycles. The maximum Gasteiger partial charge on any atom is 0.306 e. The minimum Gasteiger partial charge on any atom is -0.481 e. The lowest BCUT2D eigenvalue weighted by molar-refractivity contribution is -0.173. The van der Waals surface area contributed by atoms with E-state index in [1.165, 1.54) is 13.8 Å². The Balaban J connectivity index is 2.89. The second-order valence-corrected chi connectivity index (χ2v) is 4.87. The van der Waals surface area contributed by atoms with Crippen molar-refractivity contribution in [3.05, 3.63) is 0 Å². The highest BCUT2D eigenvalue weighted by Crippen LogP contribution is 2.35. The van der Waals surface area contributed by atoms with Gasteiger partial charge in [0.05, 0.1) is 5.92 Å². The van der Waals surface area contributed by atoms with Gasteiger partial charge in [0.15, 0.2) is 0 Å². The molecule has 19 heavy (non-hydrogen) atoms. The summed E-state index contributed by atoms with van der Waals surface area (Å²) in [7, 11) is 0. The van der Waals surface area contributed by atoms with Crippen molar-refractivity contribution < 1.29 is 29.0 Å². The van der Waals surface area contributed by atoms with Gasteiger partial charge in [-0.1, -0.05) is 6.92 Å². The number of carbonyl (C=O) groups is 3. The molecule has 6 heteroatoms. The fourth-order valence-corrected chi connectivity index (χ4v) is 2.67. The van der Waals surface area contributed by atoms with Crippen molar-refractivity contribution in [1.82, 2.24) is 0 Å². The third-order valence-electron chi connectivity index (χ3n) is 3.44. The zero-order chi connectivity index (χ0) is 14.6. The molecular formula is C13H20O6. The van der Waals surface area contributed by atoms with Gasteiger partial charge in [-0.05, 0) is 19.3 Å². The van der Waals surface area contributed by atoms with E-state index >= 15 is 0 Å². The SMILES string of the molecule is CCC1[C@@H](OC(C)=O)CC(C(=O)O)C[C@H]1OC(C)=O. The molecule has 0 amide bonds. The molecule has 0 aromatic rings. The smallest absolute Gasteiger partial charge is 0.306 e. The number of aliphatic carboxylic acids is 1. The summed E-state index contributed by atoms with van der Waals surface area (Å²) in [6.07, 6.45) is 0.168. The van der Waals surface area contributed by atoms with Crippen LogP contribution in [0.2, 0.25) is 0 Å². The van der Waals surface area contributed by atoms with E-state index in [4.69, 9.17) is 14.6 Å². The highest BCUT2D eigenvalue weighted by molar-refractivity contribution is 5.71. The van der Waals surface area contributed by atoms with Gasteiger partial charge in [-0.3, -0.25) is 14.4 Å². The number of carboxylic acid groups (broad SMARTS) is 1. The average Bonchev–Trinajstić information content (AvgIpc) is 2.26. The molecule has 0 aliphatic heterocycles. The van der Waals surface area contributed by atoms with Crippen molar-refractivity contribution in [2.75, 3.05) is 0 Å². The van der Waals surface area contributed by atoms with Crippen LogP contribution in [0.3, 0.4) is 0 Å². The first kappa shape index (κ1) is 15.5. The number of esters is 2. The number of carboxylic acids is 1. The van der Waals surface area contributed by atoms with Gasteiger partial charge < -0.3 is 14.6 Å². The van der Waals surface area contributed by atoms with Crippen LogP contribution in [-0.4, -0.2) is 35.2 Å². The van der Waals surface area contributed by atoms with E-state index in [1.807, 2.05) is 6.92 Å². The van der Waals surface area contributed by atoms with Crippen LogP contribution in [0.25, 0.3) is 0 Å². The van der Waals surface area contributed by atoms with Crippen LogP contribution in [-0.2, 0) is 23.9 Å². The van der Waals surface area contributed by atoms with Crippen LogP contribution >= 0.6 is 0 Å². The van der Waals surface area contributed by atoms with E-state index in [1.54, 1.807) is 0 Å². The number of ether oxygens (including phenoxy) is 2. The zero-order valence-corrected chi connectivity index (χ0v) is 11.4. The lowest BCUT2D eigenvalue weighted by Gasteiger charge is -2.38. The molecule has 0 aromatic carbocycles. The van der Waals surface area contributed by atoms with Crippen LogP contribution in [0.4, 0.5) is 0 Å². The summed E-state index contributed by atoms with van der Waals surface area (Å²) in [6.45, 7) is 4.48. The van der Waals surface area contributed by atoms with Gasteiger partial charge in [0.1, 0.15) is 12.2 Å². The second-order valence-electron chi connectivity index (χ2n) is 4.87. The molecule has 0 radical (unpaired) electrons. The van der Waals surface area contributed by atoms with Crippen LogP contribution in [0.15, 0.2) is 0 Å². The first-order valence-electron chi connectivity index (χ1n) is 6.42. The summed E-state index contributed by atoms with van der Waals surface area (Å²) in [5, 5.41) is 9.12. The first-order valence-corrected chi connectivity index (χ1v) is 6.42. The highest BCUT2D eigenvalue weighted by atomic mass is 16.6. The number of hydrogen-bond acceptors (Lipinski definition) is 5. The minimum atomic E-state index is -0.955. The molecule has 6 nitrogen and oxygen atoms in total. The molecule has 1 aliphatic rings. The van der Waals surface area contributed by atoms with Crippen molar-refractivity contribution in [1.29, 1.82) is 0 Å². The van der Waals surface area contributed by atoms with E-state index in [0.29, 0.717) is 6.42 Å². The van der Waals surface area contributed by atoms with E-state index in [9.17, 15) is 14.4 Å². The summed E-state index contributed by atoms with van der Waals surface area (Å²) in [6, 6.07) is 0. The van der Waals surface area contributed by atoms with E-state index < -0.39 is 36.0 Å². The Hall–Kier alpha value is -1.59. The van der Waals surface area contributed by atoms with Crippen LogP contribution in [0, 0.1) is 11.8 Å². The first-order chi connectivity index (χ1) is 8.85. The summed E-state index contributed by atoms with van der Waals surface area (Å²) in [4.78, 5) is 33.3. The van der Waals surface area contributed by atoms with Gasteiger partial charge in [0, 0.05) is 19.8 Å². The lowest BCUT2D eigenvalue weighted by atomic mass is 9.76. The molecule has 0 aromatic heterocycles. The molecule has 108 valence electrons. The van der Waals surface area contributed by atoms with E-state index in [-0.39, 0.29) is 18.8 Å². The monoisotopic (exact) mass is 272 g/mol. The molecule has 4 atom stereocenters. The van der Waals surface area contributed by atoms with Crippen LogP contribution < -0.4 is 0 Å². The molecule has 1 aliphatic carbocycles. The van der Waals surface area contributed by atoms with Crippen molar-refractivity contribution in [3.8, 4) is 0 Å². The molecule has 0 spiro atoms. The van der Waals surface area contributed by atoms with Gasteiger partial charge >= 0.3 is 17.9 Å². The third kappa shape index (κ3) is 4.22. The predicted octanol–water partition coefficient (Wildman–Crippen LogP) is 1.37. The number of rotatable bonds is 4. The molecule has 0 bridgehead atoms. The zero-order valence-electron chi connectivity index (χ0n) is 11.4. The predicted molar refractivity (Wildman–Crippen MR) is 65.2 cm³/mol. The average molecular weight is 272 g/mol. The van der Waals surface area contributed by atoms with Crippen molar-refractivity contribution in [2.24, 2.45) is 11.8 Å². The van der Waals surface area contributed by atoms with Crippen LogP contribution in [0.5, 0.6) is 0 Å². The van der Waals surface area contributed by atoms with Gasteiger partial charge in [-0.2, -0.15) is 0 Å². The minimum absolute atomic E-state index is 0.150. The topological polar surface area (TPSA) is 89.9 Å². The third-order valence-corrected chi connectivity index (χ3v) is 3.44. The largest absolute Gasteiger partial charge is 0.481 e. The molecule has 0 heterocycles. The Labute approximate surface area is 112 Å². The molecular weight excluding hydrogens is 252 g/mol. The summed E-state index contributed by atoms with van der Waals surface area (Å²) in [5.41, 5.74) is 0. The molecule has 1 fully saturated rings. The standard InChI is InChI=1S/C13H20O6/c1-4-10-11(18-7(2)14)5-9(13(16)17)6-12(10)19-8(3)15/h9-12H,4-6H2,1-3H3,(H,16,17)/t9?,10?,11-,12+. The number of carbonyl (C=O) groups excluding carboxylic acids is 2. The van der Waals surface area contributed by atoms with Gasteiger partial charge in [0.25, 0.3) is 0 Å². The fourth-order valence-electron chi connectivity index (χ4n) is 2.67. The quantitative estimate of drug-likeness (QED) is 0.777. The van der Waals surface area contributed by atoms with Gasteiger partial charge in [0.2, 0.25) is 0 Å². The molecule has 1 rings (SSSR count). The van der Waals surface area contributed by atoms with Crippen LogP contribution in [0.1, 0.15) is 40.0 Å². The Morgan fingerprint density at radius 2 is 1.47 bits per heavy atom. The second kappa shape index (κ2) is 6.54. The molecule has 1 N–H and O–H groups in total. The highest BCUT2D eigenvalue weighted by Gasteiger charge is 2.42. The molecule has 2 unspecified atom stereocenters. The van der Waals surface area contributed by atoms with E-state index in [0.717, 1.165) is 0 Å². The maximum atomic E-state index is 11.1. The lowest BCUT2D eigenvalue weighted by Crippen LogP contribution is -2.45.